The van der Waals surface area contributed by atoms with Crippen LogP contribution in [0.1, 0.15) is 28.8 Å². The standard InChI is InChI=1S/C14H18ClNO2S/c1-10-2-3-11(8-12(10)15)13(17)16-9-14(18)4-6-19-7-5-14/h2-3,8,18H,4-7,9H2,1H3,(H,16,17). The Morgan fingerprint density at radius 2 is 2.16 bits per heavy atom. The van der Waals surface area contributed by atoms with Crippen LogP contribution in [0.25, 0.3) is 0 Å². The van der Waals surface area contributed by atoms with Gasteiger partial charge in [-0.2, -0.15) is 11.8 Å². The molecule has 1 fully saturated rings. The quantitative estimate of drug-likeness (QED) is 0.902. The van der Waals surface area contributed by atoms with Gasteiger partial charge in [0.05, 0.1) is 5.60 Å². The van der Waals surface area contributed by atoms with Gasteiger partial charge >= 0.3 is 0 Å². The van der Waals surface area contributed by atoms with Crippen LogP contribution in [-0.2, 0) is 0 Å². The topological polar surface area (TPSA) is 49.3 Å². The molecule has 1 aromatic rings. The zero-order valence-corrected chi connectivity index (χ0v) is 12.5. The van der Waals surface area contributed by atoms with Crippen LogP contribution in [0.2, 0.25) is 5.02 Å². The minimum atomic E-state index is -0.755. The molecule has 19 heavy (non-hydrogen) atoms. The molecule has 104 valence electrons. The molecule has 1 amide bonds. The second-order valence-electron chi connectivity index (χ2n) is 4.98. The predicted molar refractivity (Wildman–Crippen MR) is 80.0 cm³/mol. The van der Waals surface area contributed by atoms with Crippen LogP contribution in [0.4, 0.5) is 0 Å². The molecule has 2 N–H and O–H groups in total. The highest BCUT2D eigenvalue weighted by molar-refractivity contribution is 7.99. The van der Waals surface area contributed by atoms with Crippen LogP contribution in [0.5, 0.6) is 0 Å². The molecule has 1 aromatic carbocycles. The maximum absolute atomic E-state index is 12.0. The molecule has 0 unspecified atom stereocenters. The third-order valence-electron chi connectivity index (χ3n) is 3.44. The largest absolute Gasteiger partial charge is 0.388 e. The Morgan fingerprint density at radius 3 is 2.79 bits per heavy atom. The Bertz CT molecular complexity index is 473. The van der Waals surface area contributed by atoms with Gasteiger partial charge in [0.1, 0.15) is 0 Å². The average molecular weight is 300 g/mol. The summed E-state index contributed by atoms with van der Waals surface area (Å²) in [5.74, 6) is 1.71. The normalized spacial score (nSPS) is 18.1. The van der Waals surface area contributed by atoms with Crippen LogP contribution < -0.4 is 5.32 Å². The van der Waals surface area contributed by atoms with Crippen LogP contribution in [0.3, 0.4) is 0 Å². The Kier molecular flexibility index (Phi) is 4.76. The van der Waals surface area contributed by atoms with E-state index in [1.54, 1.807) is 12.1 Å². The van der Waals surface area contributed by atoms with Crippen LogP contribution >= 0.6 is 23.4 Å². The number of benzene rings is 1. The average Bonchev–Trinajstić information content (AvgIpc) is 2.40. The molecular formula is C14H18ClNO2S. The van der Waals surface area contributed by atoms with Crippen molar-refractivity contribution in [3.63, 3.8) is 0 Å². The number of aryl methyl sites for hydroxylation is 1. The molecule has 1 aliphatic rings. The highest BCUT2D eigenvalue weighted by Crippen LogP contribution is 2.26. The van der Waals surface area contributed by atoms with E-state index in [2.05, 4.69) is 5.32 Å². The van der Waals surface area contributed by atoms with Crippen LogP contribution in [0.15, 0.2) is 18.2 Å². The molecule has 0 aliphatic carbocycles. The van der Waals surface area contributed by atoms with E-state index in [9.17, 15) is 9.90 Å². The number of aliphatic hydroxyl groups is 1. The Hall–Kier alpha value is -0.710. The number of halogens is 1. The lowest BCUT2D eigenvalue weighted by Gasteiger charge is -2.31. The van der Waals surface area contributed by atoms with Gasteiger partial charge < -0.3 is 10.4 Å². The Balaban J connectivity index is 1.95. The van der Waals surface area contributed by atoms with Gasteiger partial charge in [0.25, 0.3) is 5.91 Å². The van der Waals surface area contributed by atoms with Gasteiger partial charge in [-0.1, -0.05) is 17.7 Å². The second kappa shape index (κ2) is 6.16. The lowest BCUT2D eigenvalue weighted by atomic mass is 9.97. The van der Waals surface area contributed by atoms with E-state index in [0.29, 0.717) is 17.1 Å². The van der Waals surface area contributed by atoms with Gasteiger partial charge in [0.15, 0.2) is 0 Å². The predicted octanol–water partition coefficient (Wildman–Crippen LogP) is 2.64. The van der Waals surface area contributed by atoms with E-state index >= 15 is 0 Å². The molecule has 0 spiro atoms. The fourth-order valence-electron chi connectivity index (χ4n) is 2.01. The summed E-state index contributed by atoms with van der Waals surface area (Å²) in [5, 5.41) is 13.7. The van der Waals surface area contributed by atoms with Crippen molar-refractivity contribution in [3.8, 4) is 0 Å². The van der Waals surface area contributed by atoms with Crippen LogP contribution in [-0.4, -0.2) is 34.7 Å². The third kappa shape index (κ3) is 3.88. The first-order valence-corrected chi connectivity index (χ1v) is 7.88. The lowest BCUT2D eigenvalue weighted by molar-refractivity contribution is 0.0311. The summed E-state index contributed by atoms with van der Waals surface area (Å²) in [4.78, 5) is 12.0. The van der Waals surface area contributed by atoms with Gasteiger partial charge in [0.2, 0.25) is 0 Å². The number of rotatable bonds is 3. The Labute approximate surface area is 122 Å². The number of nitrogens with one attached hydrogen (secondary N) is 1. The van der Waals surface area contributed by atoms with E-state index in [4.69, 9.17) is 11.6 Å². The number of hydrogen-bond donors (Lipinski definition) is 2. The smallest absolute Gasteiger partial charge is 0.251 e. The zero-order valence-electron chi connectivity index (χ0n) is 10.9. The Morgan fingerprint density at radius 1 is 1.47 bits per heavy atom. The van der Waals surface area contributed by atoms with Crippen molar-refractivity contribution >= 4 is 29.3 Å². The monoisotopic (exact) mass is 299 g/mol. The number of amides is 1. The number of carbonyl (C=O) groups excluding carboxylic acids is 1. The van der Waals surface area contributed by atoms with E-state index in [0.717, 1.165) is 29.9 Å². The van der Waals surface area contributed by atoms with Crippen molar-refractivity contribution in [1.82, 2.24) is 5.32 Å². The molecule has 1 aliphatic heterocycles. The summed E-state index contributed by atoms with van der Waals surface area (Å²) in [6.07, 6.45) is 1.46. The van der Waals surface area contributed by atoms with Crippen LogP contribution in [0, 0.1) is 6.92 Å². The molecule has 1 heterocycles. The van der Waals surface area contributed by atoms with E-state index in [1.165, 1.54) is 0 Å². The first kappa shape index (κ1) is 14.7. The number of carbonyl (C=O) groups is 1. The third-order valence-corrected chi connectivity index (χ3v) is 4.83. The van der Waals surface area contributed by atoms with Crippen molar-refractivity contribution in [2.45, 2.75) is 25.4 Å². The summed E-state index contributed by atoms with van der Waals surface area (Å²) < 4.78 is 0. The summed E-state index contributed by atoms with van der Waals surface area (Å²) in [5.41, 5.74) is 0.723. The molecule has 2 rings (SSSR count). The fourth-order valence-corrected chi connectivity index (χ4v) is 3.44. The first-order chi connectivity index (χ1) is 9.00. The van der Waals surface area contributed by atoms with E-state index in [-0.39, 0.29) is 5.91 Å². The SMILES string of the molecule is Cc1ccc(C(=O)NCC2(O)CCSCC2)cc1Cl. The molecular weight excluding hydrogens is 282 g/mol. The highest BCUT2D eigenvalue weighted by atomic mass is 35.5. The minimum absolute atomic E-state index is 0.187. The van der Waals surface area contributed by atoms with Crippen molar-refractivity contribution in [2.24, 2.45) is 0 Å². The second-order valence-corrected chi connectivity index (χ2v) is 6.62. The van der Waals surface area contributed by atoms with E-state index < -0.39 is 5.60 Å². The summed E-state index contributed by atoms with van der Waals surface area (Å²) >= 11 is 7.84. The van der Waals surface area contributed by atoms with Crippen molar-refractivity contribution < 1.29 is 9.90 Å². The molecule has 0 bridgehead atoms. The molecule has 0 aromatic heterocycles. The molecule has 0 atom stereocenters. The summed E-state index contributed by atoms with van der Waals surface area (Å²) in [6, 6.07) is 5.23. The van der Waals surface area contributed by atoms with E-state index in [1.807, 2.05) is 24.8 Å². The maximum atomic E-state index is 12.0. The first-order valence-electron chi connectivity index (χ1n) is 6.35. The summed E-state index contributed by atoms with van der Waals surface area (Å²) in [6.45, 7) is 2.20. The molecule has 1 saturated heterocycles. The lowest BCUT2D eigenvalue weighted by Crippen LogP contribution is -2.45. The summed E-state index contributed by atoms with van der Waals surface area (Å²) in [7, 11) is 0. The molecule has 3 nitrogen and oxygen atoms in total. The number of thioether (sulfide) groups is 1. The van der Waals surface area contributed by atoms with Crippen molar-refractivity contribution in [1.29, 1.82) is 0 Å². The molecule has 5 heteroatoms. The van der Waals surface area contributed by atoms with Gasteiger partial charge in [-0.15, -0.1) is 0 Å². The van der Waals surface area contributed by atoms with Crippen molar-refractivity contribution in [2.75, 3.05) is 18.1 Å². The molecule has 0 radical (unpaired) electrons. The van der Waals surface area contributed by atoms with Gasteiger partial charge in [-0.05, 0) is 49.0 Å². The molecule has 0 saturated carbocycles. The minimum Gasteiger partial charge on any atom is -0.388 e. The van der Waals surface area contributed by atoms with Gasteiger partial charge in [-0.25, -0.2) is 0 Å². The zero-order chi connectivity index (χ0) is 13.9. The maximum Gasteiger partial charge on any atom is 0.251 e. The van der Waals surface area contributed by atoms with Gasteiger partial charge in [0, 0.05) is 17.1 Å². The van der Waals surface area contributed by atoms with Gasteiger partial charge in [-0.3, -0.25) is 4.79 Å². The highest BCUT2D eigenvalue weighted by Gasteiger charge is 2.29. The van der Waals surface area contributed by atoms with Crippen molar-refractivity contribution in [3.05, 3.63) is 34.3 Å². The number of hydrogen-bond acceptors (Lipinski definition) is 3. The fraction of sp³-hybridized carbons (Fsp3) is 0.500.